The van der Waals surface area contributed by atoms with Gasteiger partial charge in [-0.15, -0.1) is 0 Å². The van der Waals surface area contributed by atoms with Crippen molar-refractivity contribution in [1.29, 1.82) is 0 Å². The Balaban J connectivity index is 1.74. The third-order valence-corrected chi connectivity index (χ3v) is 8.94. The predicted octanol–water partition coefficient (Wildman–Crippen LogP) is 3.78. The maximum Gasteiger partial charge on any atom is 0.243 e. The van der Waals surface area contributed by atoms with Gasteiger partial charge in [-0.25, -0.2) is 8.42 Å². The number of methoxy groups -OCH3 is 3. The number of rotatable bonds is 7. The molecule has 2 aliphatic heterocycles. The monoisotopic (exact) mass is 522 g/mol. The molecule has 0 aromatic heterocycles. The Labute approximate surface area is 211 Å². The van der Waals surface area contributed by atoms with E-state index >= 15 is 0 Å². The van der Waals surface area contributed by atoms with Crippen molar-refractivity contribution < 1.29 is 27.4 Å². The fraction of sp³-hybridized carbons (Fsp3) is 0.480. The Bertz CT molecular complexity index is 1140. The number of ether oxygens (including phenoxy) is 3. The molecule has 2 saturated heterocycles. The Morgan fingerprint density at radius 2 is 1.51 bits per heavy atom. The molecule has 2 aliphatic rings. The van der Waals surface area contributed by atoms with Crippen LogP contribution in [0.3, 0.4) is 0 Å². The van der Waals surface area contributed by atoms with Crippen LogP contribution in [0.5, 0.6) is 17.2 Å². The lowest BCUT2D eigenvalue weighted by molar-refractivity contribution is -0.136. The molecule has 0 bridgehead atoms. The quantitative estimate of drug-likeness (QED) is 0.550. The number of benzene rings is 2. The number of carbonyl (C=O) groups is 1. The van der Waals surface area contributed by atoms with E-state index in [2.05, 4.69) is 0 Å². The zero-order valence-electron chi connectivity index (χ0n) is 20.2. The molecule has 0 aliphatic carbocycles. The minimum atomic E-state index is -3.82. The number of hydrogen-bond donors (Lipinski definition) is 0. The summed E-state index contributed by atoms with van der Waals surface area (Å²) in [6, 6.07) is 9.70. The predicted molar refractivity (Wildman–Crippen MR) is 133 cm³/mol. The molecule has 2 aromatic carbocycles. The first-order valence-electron chi connectivity index (χ1n) is 11.6. The lowest BCUT2D eigenvalue weighted by Crippen LogP contribution is -2.42. The van der Waals surface area contributed by atoms with Gasteiger partial charge in [-0.2, -0.15) is 4.31 Å². The summed E-state index contributed by atoms with van der Waals surface area (Å²) in [7, 11) is 0.768. The average Bonchev–Trinajstić information content (AvgIpc) is 3.34. The van der Waals surface area contributed by atoms with Crippen molar-refractivity contribution in [2.75, 3.05) is 47.5 Å². The van der Waals surface area contributed by atoms with E-state index in [4.69, 9.17) is 25.8 Å². The molecule has 8 nitrogen and oxygen atoms in total. The molecule has 0 N–H and O–H groups in total. The lowest BCUT2D eigenvalue weighted by Gasteiger charge is -2.31. The Morgan fingerprint density at radius 1 is 0.914 bits per heavy atom. The highest BCUT2D eigenvalue weighted by Gasteiger charge is 2.45. The summed E-state index contributed by atoms with van der Waals surface area (Å²) in [4.78, 5) is 15.7. The van der Waals surface area contributed by atoms with Gasteiger partial charge in [0.1, 0.15) is 0 Å². The van der Waals surface area contributed by atoms with Gasteiger partial charge in [0, 0.05) is 37.1 Å². The number of sulfonamides is 1. The van der Waals surface area contributed by atoms with Crippen LogP contribution in [0.4, 0.5) is 0 Å². The van der Waals surface area contributed by atoms with Gasteiger partial charge in [0.25, 0.3) is 0 Å². The van der Waals surface area contributed by atoms with Crippen LogP contribution in [-0.2, 0) is 14.8 Å². The summed E-state index contributed by atoms with van der Waals surface area (Å²) >= 11 is 5.96. The summed E-state index contributed by atoms with van der Waals surface area (Å²) < 4.78 is 44.9. The Morgan fingerprint density at radius 3 is 2.06 bits per heavy atom. The number of halogens is 1. The Hall–Kier alpha value is -2.49. The second kappa shape index (κ2) is 10.6. The summed E-state index contributed by atoms with van der Waals surface area (Å²) in [5.74, 6) is 0.451. The van der Waals surface area contributed by atoms with Crippen molar-refractivity contribution >= 4 is 27.5 Å². The number of carbonyl (C=O) groups excluding carboxylic acids is 1. The molecular weight excluding hydrogens is 492 g/mol. The number of hydrogen-bond acceptors (Lipinski definition) is 6. The van der Waals surface area contributed by atoms with Crippen molar-refractivity contribution in [2.45, 2.75) is 30.1 Å². The van der Waals surface area contributed by atoms with E-state index in [0.29, 0.717) is 35.4 Å². The van der Waals surface area contributed by atoms with Gasteiger partial charge in [0.05, 0.1) is 32.1 Å². The van der Waals surface area contributed by atoms with Gasteiger partial charge < -0.3 is 19.1 Å². The lowest BCUT2D eigenvalue weighted by atomic mass is 9.87. The van der Waals surface area contributed by atoms with Crippen molar-refractivity contribution in [3.63, 3.8) is 0 Å². The van der Waals surface area contributed by atoms with E-state index in [0.717, 1.165) is 24.8 Å². The SMILES string of the molecule is COc1cc([C@H]2CN(S(=O)(=O)c3ccc(Cl)cc3)C[C@@H]2C(=O)N2CCCCC2)cc(OC)c1OC. The van der Waals surface area contributed by atoms with E-state index < -0.39 is 15.9 Å². The normalized spacial score (nSPS) is 21.1. The zero-order chi connectivity index (χ0) is 25.2. The van der Waals surface area contributed by atoms with Crippen molar-refractivity contribution in [2.24, 2.45) is 5.92 Å². The summed E-state index contributed by atoms with van der Waals surface area (Å²) in [5, 5.41) is 0.457. The molecule has 0 saturated carbocycles. The summed E-state index contributed by atoms with van der Waals surface area (Å²) in [6.07, 6.45) is 3.02. The number of likely N-dealkylation sites (tertiary alicyclic amines) is 1. The summed E-state index contributed by atoms with van der Waals surface area (Å²) in [5.41, 5.74) is 0.767. The molecule has 4 rings (SSSR count). The number of amides is 1. The van der Waals surface area contributed by atoms with Gasteiger partial charge in [-0.1, -0.05) is 11.6 Å². The van der Waals surface area contributed by atoms with Crippen molar-refractivity contribution in [3.8, 4) is 17.2 Å². The standard InChI is InChI=1S/C25H31ClN2O6S/c1-32-22-13-17(14-23(33-2)24(22)34-3)20-15-28(35(30,31)19-9-7-18(26)8-10-19)16-21(20)25(29)27-11-5-4-6-12-27/h7-10,13-14,20-21H,4-6,11-12,15-16H2,1-3H3/t20-,21+/m1/s1. The fourth-order valence-corrected chi connectivity index (χ4v) is 6.59. The van der Waals surface area contributed by atoms with E-state index in [-0.39, 0.29) is 29.8 Å². The second-order valence-electron chi connectivity index (χ2n) is 8.83. The van der Waals surface area contributed by atoms with E-state index in [1.807, 2.05) is 4.90 Å². The second-order valence-corrected chi connectivity index (χ2v) is 11.2. The smallest absolute Gasteiger partial charge is 0.243 e. The molecule has 2 fully saturated rings. The molecule has 2 aromatic rings. The molecule has 0 spiro atoms. The van der Waals surface area contributed by atoms with Crippen molar-refractivity contribution in [3.05, 3.63) is 47.0 Å². The van der Waals surface area contributed by atoms with E-state index in [9.17, 15) is 13.2 Å². The van der Waals surface area contributed by atoms with Crippen LogP contribution in [-0.4, -0.2) is 71.0 Å². The molecule has 0 unspecified atom stereocenters. The van der Waals surface area contributed by atoms with Crippen LogP contribution in [0, 0.1) is 5.92 Å². The average molecular weight is 523 g/mol. The third-order valence-electron chi connectivity index (χ3n) is 6.84. The van der Waals surface area contributed by atoms with Gasteiger partial charge in [0.15, 0.2) is 11.5 Å². The van der Waals surface area contributed by atoms with Crippen LogP contribution in [0.25, 0.3) is 0 Å². The minimum absolute atomic E-state index is 0.0164. The van der Waals surface area contributed by atoms with Gasteiger partial charge in [0.2, 0.25) is 21.7 Å². The van der Waals surface area contributed by atoms with Crippen LogP contribution in [0.1, 0.15) is 30.7 Å². The highest BCUT2D eigenvalue weighted by molar-refractivity contribution is 7.89. The van der Waals surface area contributed by atoms with Crippen LogP contribution < -0.4 is 14.2 Å². The van der Waals surface area contributed by atoms with Crippen LogP contribution in [0.15, 0.2) is 41.3 Å². The van der Waals surface area contributed by atoms with Gasteiger partial charge in [-0.05, 0) is 61.2 Å². The van der Waals surface area contributed by atoms with Crippen LogP contribution in [0.2, 0.25) is 5.02 Å². The van der Waals surface area contributed by atoms with Gasteiger partial charge >= 0.3 is 0 Å². The molecule has 2 atom stereocenters. The van der Waals surface area contributed by atoms with Gasteiger partial charge in [-0.3, -0.25) is 4.79 Å². The number of nitrogens with zero attached hydrogens (tertiary/aromatic N) is 2. The maximum atomic E-state index is 13.7. The molecule has 2 heterocycles. The first-order chi connectivity index (χ1) is 16.8. The van der Waals surface area contributed by atoms with Crippen LogP contribution >= 0.6 is 11.6 Å². The fourth-order valence-electron chi connectivity index (χ4n) is 4.97. The molecular formula is C25H31ClN2O6S. The minimum Gasteiger partial charge on any atom is -0.493 e. The topological polar surface area (TPSA) is 85.4 Å². The first-order valence-corrected chi connectivity index (χ1v) is 13.5. The van der Waals surface area contributed by atoms with E-state index in [1.54, 1.807) is 24.3 Å². The Kier molecular flexibility index (Phi) is 7.78. The third kappa shape index (κ3) is 5.08. The molecule has 1 amide bonds. The zero-order valence-corrected chi connectivity index (χ0v) is 21.8. The number of piperidine rings is 1. The molecule has 35 heavy (non-hydrogen) atoms. The summed E-state index contributed by atoms with van der Waals surface area (Å²) in [6.45, 7) is 1.65. The molecule has 10 heteroatoms. The molecule has 0 radical (unpaired) electrons. The first kappa shape index (κ1) is 25.6. The highest BCUT2D eigenvalue weighted by Crippen LogP contribution is 2.44. The largest absolute Gasteiger partial charge is 0.493 e. The highest BCUT2D eigenvalue weighted by atomic mass is 35.5. The maximum absolute atomic E-state index is 13.7. The van der Waals surface area contributed by atoms with Crippen molar-refractivity contribution in [1.82, 2.24) is 9.21 Å². The molecule has 190 valence electrons. The van der Waals surface area contributed by atoms with E-state index in [1.165, 1.54) is 37.8 Å².